The van der Waals surface area contributed by atoms with E-state index < -0.39 is 0 Å². The number of carbonyl (C=O) groups is 1. The summed E-state index contributed by atoms with van der Waals surface area (Å²) in [5.41, 5.74) is 13.2. The van der Waals surface area contributed by atoms with Crippen molar-refractivity contribution in [2.75, 3.05) is 16.4 Å². The summed E-state index contributed by atoms with van der Waals surface area (Å²) in [4.78, 5) is 12.1. The number of aromatic nitrogens is 2. The standard InChI is InChI=1S/C23H23N5O/c24-23-14-8-12(3-4-16(14)27-28-23)22-20-11-2-1-10(7-11)19(20)21-13-9-18(29)25-15(13)5-6-17(21)26-22/h3-6,8,10-11,19-20,22,26H,1-2,7,9H2,(H,25,29)(H3,24,27,28)/t10?,11?,19-,20+,22-/m1/s1. The number of rotatable bonds is 1. The molecule has 4 aliphatic rings. The predicted molar refractivity (Wildman–Crippen MR) is 113 cm³/mol. The van der Waals surface area contributed by atoms with Gasteiger partial charge in [0, 0.05) is 16.8 Å². The average molecular weight is 385 g/mol. The Morgan fingerprint density at radius 2 is 1.93 bits per heavy atom. The van der Waals surface area contributed by atoms with Crippen molar-refractivity contribution in [3.05, 3.63) is 47.0 Å². The third kappa shape index (κ3) is 2.01. The summed E-state index contributed by atoms with van der Waals surface area (Å²) >= 11 is 0. The topological polar surface area (TPSA) is 95.8 Å². The number of fused-ring (bicyclic) bond motifs is 10. The Balaban J connectivity index is 1.41. The molecule has 2 aliphatic heterocycles. The highest BCUT2D eigenvalue weighted by atomic mass is 16.1. The molecule has 6 nitrogen and oxygen atoms in total. The molecule has 2 saturated carbocycles. The van der Waals surface area contributed by atoms with Crippen LogP contribution in [-0.2, 0) is 11.2 Å². The van der Waals surface area contributed by atoms with Crippen molar-refractivity contribution in [1.29, 1.82) is 0 Å². The van der Waals surface area contributed by atoms with Crippen molar-refractivity contribution >= 4 is 34.0 Å². The molecule has 6 heteroatoms. The predicted octanol–water partition coefficient (Wildman–Crippen LogP) is 3.94. The number of carbonyl (C=O) groups excluding carboxylic acids is 1. The number of nitrogen functional groups attached to an aromatic ring is 1. The number of hydrogen-bond acceptors (Lipinski definition) is 4. The SMILES string of the molecule is Nc1n[nH]c2ccc([C@H]3Nc4ccc5c(c4[C@@H]4C6CCC(C6)[C@H]34)CC(=O)N5)cc12. The largest absolute Gasteiger partial charge is 0.382 e. The molecule has 2 fully saturated rings. The molecule has 29 heavy (non-hydrogen) atoms. The van der Waals surface area contributed by atoms with Crippen molar-refractivity contribution in [2.45, 2.75) is 37.6 Å². The molecule has 2 bridgehead atoms. The molecule has 2 unspecified atom stereocenters. The van der Waals surface area contributed by atoms with Crippen LogP contribution in [0.5, 0.6) is 0 Å². The number of H-pyrrole nitrogens is 1. The van der Waals surface area contributed by atoms with E-state index in [0.29, 0.717) is 24.1 Å². The van der Waals surface area contributed by atoms with E-state index in [2.05, 4.69) is 51.2 Å². The van der Waals surface area contributed by atoms with Gasteiger partial charge in [0.05, 0.1) is 18.0 Å². The highest BCUT2D eigenvalue weighted by Crippen LogP contribution is 2.64. The van der Waals surface area contributed by atoms with Crippen molar-refractivity contribution in [3.8, 4) is 0 Å². The number of benzene rings is 2. The fourth-order valence-electron chi connectivity index (χ4n) is 6.89. The summed E-state index contributed by atoms with van der Waals surface area (Å²) in [6.07, 6.45) is 4.47. The van der Waals surface area contributed by atoms with Crippen molar-refractivity contribution < 1.29 is 4.79 Å². The lowest BCUT2D eigenvalue weighted by atomic mass is 9.67. The molecule has 3 aromatic rings. The van der Waals surface area contributed by atoms with E-state index >= 15 is 0 Å². The molecule has 5 atom stereocenters. The van der Waals surface area contributed by atoms with E-state index in [4.69, 9.17) is 5.73 Å². The first-order valence-electron chi connectivity index (χ1n) is 10.6. The van der Waals surface area contributed by atoms with Gasteiger partial charge in [-0.3, -0.25) is 9.89 Å². The monoisotopic (exact) mass is 385 g/mol. The van der Waals surface area contributed by atoms with Gasteiger partial charge >= 0.3 is 0 Å². The van der Waals surface area contributed by atoms with Gasteiger partial charge in [-0.15, -0.1) is 0 Å². The second-order valence-corrected chi connectivity index (χ2v) is 9.25. The first-order valence-corrected chi connectivity index (χ1v) is 10.6. The zero-order valence-electron chi connectivity index (χ0n) is 16.0. The lowest BCUT2D eigenvalue weighted by Crippen LogP contribution is -2.36. The number of amides is 1. The molecule has 7 rings (SSSR count). The first kappa shape index (κ1) is 15.9. The summed E-state index contributed by atoms with van der Waals surface area (Å²) in [5, 5.41) is 15.1. The minimum absolute atomic E-state index is 0.121. The number of nitrogens with two attached hydrogens (primary N) is 1. The van der Waals surface area contributed by atoms with Gasteiger partial charge in [0.2, 0.25) is 5.91 Å². The minimum Gasteiger partial charge on any atom is -0.382 e. The van der Waals surface area contributed by atoms with E-state index in [-0.39, 0.29) is 11.9 Å². The van der Waals surface area contributed by atoms with Crippen LogP contribution in [0.25, 0.3) is 10.9 Å². The average Bonchev–Trinajstić information content (AvgIpc) is 3.50. The molecule has 2 aromatic carbocycles. The van der Waals surface area contributed by atoms with Gasteiger partial charge in [-0.2, -0.15) is 5.10 Å². The first-order chi connectivity index (χ1) is 14.2. The molecule has 0 radical (unpaired) electrons. The van der Waals surface area contributed by atoms with Gasteiger partial charge in [-0.05, 0) is 83.9 Å². The Morgan fingerprint density at radius 1 is 1.07 bits per heavy atom. The smallest absolute Gasteiger partial charge is 0.228 e. The second kappa shape index (κ2) is 5.32. The quantitative estimate of drug-likeness (QED) is 0.510. The summed E-state index contributed by atoms with van der Waals surface area (Å²) in [7, 11) is 0. The van der Waals surface area contributed by atoms with Crippen LogP contribution in [0.3, 0.4) is 0 Å². The number of aromatic amines is 1. The van der Waals surface area contributed by atoms with Crippen LogP contribution in [0.2, 0.25) is 0 Å². The van der Waals surface area contributed by atoms with E-state index in [1.807, 2.05) is 0 Å². The molecular weight excluding hydrogens is 362 g/mol. The number of nitrogens with zero attached hydrogens (tertiary/aromatic N) is 1. The van der Waals surface area contributed by atoms with Crippen molar-refractivity contribution in [3.63, 3.8) is 0 Å². The highest BCUT2D eigenvalue weighted by molar-refractivity contribution is 6.00. The normalized spacial score (nSPS) is 31.3. The Labute approximate surface area is 168 Å². The molecule has 3 heterocycles. The molecule has 2 aliphatic carbocycles. The van der Waals surface area contributed by atoms with E-state index in [0.717, 1.165) is 28.4 Å². The van der Waals surface area contributed by atoms with Crippen molar-refractivity contribution in [1.82, 2.24) is 10.2 Å². The van der Waals surface area contributed by atoms with Crippen LogP contribution in [0.1, 0.15) is 47.9 Å². The van der Waals surface area contributed by atoms with Crippen LogP contribution in [0, 0.1) is 17.8 Å². The van der Waals surface area contributed by atoms with Gasteiger partial charge in [-0.25, -0.2) is 0 Å². The van der Waals surface area contributed by atoms with E-state index in [1.54, 1.807) is 0 Å². The van der Waals surface area contributed by atoms with E-state index in [9.17, 15) is 4.79 Å². The lowest BCUT2D eigenvalue weighted by molar-refractivity contribution is -0.115. The Hall–Kier alpha value is -3.02. The summed E-state index contributed by atoms with van der Waals surface area (Å²) in [6.45, 7) is 0. The number of anilines is 3. The number of hydrogen-bond donors (Lipinski definition) is 4. The molecular formula is C23H23N5O. The van der Waals surface area contributed by atoms with Gasteiger partial charge in [-0.1, -0.05) is 6.07 Å². The van der Waals surface area contributed by atoms with Crippen LogP contribution >= 0.6 is 0 Å². The molecule has 0 spiro atoms. The molecule has 146 valence electrons. The van der Waals surface area contributed by atoms with Gasteiger partial charge in [0.25, 0.3) is 0 Å². The Bertz CT molecular complexity index is 1200. The van der Waals surface area contributed by atoms with Crippen molar-refractivity contribution in [2.24, 2.45) is 17.8 Å². The summed E-state index contributed by atoms with van der Waals surface area (Å²) < 4.78 is 0. The molecule has 0 saturated heterocycles. The maximum atomic E-state index is 12.1. The maximum absolute atomic E-state index is 12.1. The van der Waals surface area contributed by atoms with Crippen LogP contribution in [0.4, 0.5) is 17.2 Å². The zero-order chi connectivity index (χ0) is 19.3. The van der Waals surface area contributed by atoms with Crippen LogP contribution < -0.4 is 16.4 Å². The Kier molecular flexibility index (Phi) is 2.91. The summed E-state index contributed by atoms with van der Waals surface area (Å²) in [6, 6.07) is 11.0. The fraction of sp³-hybridized carbons (Fsp3) is 0.391. The third-order valence-electron chi connectivity index (χ3n) is 7.95. The zero-order valence-corrected chi connectivity index (χ0v) is 16.0. The second-order valence-electron chi connectivity index (χ2n) is 9.25. The van der Waals surface area contributed by atoms with Gasteiger partial charge in [0.15, 0.2) is 5.82 Å². The number of nitrogens with one attached hydrogen (secondary N) is 3. The minimum atomic E-state index is 0.121. The van der Waals surface area contributed by atoms with Gasteiger partial charge in [0.1, 0.15) is 0 Å². The third-order valence-corrected chi connectivity index (χ3v) is 7.95. The Morgan fingerprint density at radius 3 is 2.86 bits per heavy atom. The molecule has 1 amide bonds. The summed E-state index contributed by atoms with van der Waals surface area (Å²) in [5.74, 6) is 3.26. The highest BCUT2D eigenvalue weighted by Gasteiger charge is 2.54. The molecule has 5 N–H and O–H groups in total. The maximum Gasteiger partial charge on any atom is 0.228 e. The molecule has 1 aromatic heterocycles. The van der Waals surface area contributed by atoms with E-state index in [1.165, 1.54) is 41.6 Å². The van der Waals surface area contributed by atoms with Crippen LogP contribution in [-0.4, -0.2) is 16.1 Å². The fourth-order valence-corrected chi connectivity index (χ4v) is 6.89. The lowest BCUT2D eigenvalue weighted by Gasteiger charge is -2.44. The van der Waals surface area contributed by atoms with Crippen LogP contribution in [0.15, 0.2) is 30.3 Å². The van der Waals surface area contributed by atoms with Gasteiger partial charge < -0.3 is 16.4 Å².